The first-order chi connectivity index (χ1) is 15.7. The second-order valence-electron chi connectivity index (χ2n) is 7.92. The molecule has 7 heteroatoms. The molecule has 1 aliphatic rings. The maximum absolute atomic E-state index is 13.5. The smallest absolute Gasteiger partial charge is 0.417 e. The van der Waals surface area contributed by atoms with E-state index in [2.05, 4.69) is 24.1 Å². The molecule has 0 spiro atoms. The number of ether oxygens (including phenoxy) is 1. The molecule has 0 fully saturated rings. The molecule has 0 aliphatic heterocycles. The molecule has 180 valence electrons. The lowest BCUT2D eigenvalue weighted by molar-refractivity contribution is -0.138. The first-order valence-electron chi connectivity index (χ1n) is 11.4. The number of alkyl halides is 3. The van der Waals surface area contributed by atoms with Crippen LogP contribution in [0.25, 0.3) is 0 Å². The minimum absolute atomic E-state index is 0.0770. The number of likely N-dealkylation sites (N-methyl/N-ethyl adjacent to an activating group) is 1. The second kappa shape index (κ2) is 12.4. The Morgan fingerprint density at radius 3 is 2.64 bits per heavy atom. The molecule has 1 amide bonds. The van der Waals surface area contributed by atoms with E-state index in [-0.39, 0.29) is 24.4 Å². The van der Waals surface area contributed by atoms with Gasteiger partial charge >= 0.3 is 6.18 Å². The minimum atomic E-state index is -4.44. The van der Waals surface area contributed by atoms with Gasteiger partial charge in [0.05, 0.1) is 11.6 Å². The standard InChI is InChI=1S/C26H33F3N2O2/c1-5-8-12-20(11-6-2)22-13-9-10-14-23(22)25(32)31(7-3)19(4)18-33-24-16-15-21(17-30-24)26(27,28)29/h6,10-12,14-17,19H,5,7-9,13,18H2,1-4H3/b11-6-,20-12+/t19-/m0/s1. The van der Waals surface area contributed by atoms with Gasteiger partial charge in [-0.15, -0.1) is 0 Å². The van der Waals surface area contributed by atoms with Crippen LogP contribution in [-0.4, -0.2) is 35.0 Å². The van der Waals surface area contributed by atoms with Crippen LogP contribution in [-0.2, 0) is 11.0 Å². The van der Waals surface area contributed by atoms with E-state index in [4.69, 9.17) is 4.74 Å². The van der Waals surface area contributed by atoms with Crippen LogP contribution in [0, 0.1) is 0 Å². The lowest BCUT2D eigenvalue weighted by Crippen LogP contribution is -2.42. The molecule has 4 nitrogen and oxygen atoms in total. The predicted molar refractivity (Wildman–Crippen MR) is 125 cm³/mol. The van der Waals surface area contributed by atoms with Crippen molar-refractivity contribution in [3.63, 3.8) is 0 Å². The summed E-state index contributed by atoms with van der Waals surface area (Å²) in [7, 11) is 0. The molecule has 0 saturated heterocycles. The maximum Gasteiger partial charge on any atom is 0.417 e. The van der Waals surface area contributed by atoms with Crippen molar-refractivity contribution in [1.29, 1.82) is 0 Å². The van der Waals surface area contributed by atoms with E-state index >= 15 is 0 Å². The molecule has 1 aromatic rings. The summed E-state index contributed by atoms with van der Waals surface area (Å²) in [5.74, 6) is 0.0144. The number of carbonyl (C=O) groups is 1. The van der Waals surface area contributed by atoms with E-state index in [1.807, 2.05) is 39.0 Å². The molecule has 0 N–H and O–H groups in total. The fourth-order valence-electron chi connectivity index (χ4n) is 3.68. The SMILES string of the molecule is C/C=C\C(=C/CCC)C1=C(C(=O)N(CC)[C@@H](C)COc2ccc(C(F)(F)F)cn2)C=CCC1. The highest BCUT2D eigenvalue weighted by Crippen LogP contribution is 2.30. The molecule has 0 radical (unpaired) electrons. The molecule has 0 unspecified atom stereocenters. The first-order valence-corrected chi connectivity index (χ1v) is 11.4. The number of pyridine rings is 1. The van der Waals surface area contributed by atoms with Crippen LogP contribution in [0.5, 0.6) is 5.88 Å². The van der Waals surface area contributed by atoms with Crippen molar-refractivity contribution < 1.29 is 22.7 Å². The Bertz CT molecular complexity index is 912. The number of hydrogen-bond donors (Lipinski definition) is 0. The molecule has 0 bridgehead atoms. The third kappa shape index (κ3) is 7.34. The molecule has 0 aromatic carbocycles. The van der Waals surface area contributed by atoms with Crippen molar-refractivity contribution >= 4 is 5.91 Å². The van der Waals surface area contributed by atoms with Gasteiger partial charge in [-0.25, -0.2) is 4.98 Å². The summed E-state index contributed by atoms with van der Waals surface area (Å²) in [5, 5.41) is 0. The first kappa shape index (κ1) is 26.4. The number of carbonyl (C=O) groups excluding carboxylic acids is 1. The third-order valence-electron chi connectivity index (χ3n) is 5.42. The van der Waals surface area contributed by atoms with Gasteiger partial charge in [0.2, 0.25) is 5.88 Å². The summed E-state index contributed by atoms with van der Waals surface area (Å²) in [4.78, 5) is 19.0. The third-order valence-corrected chi connectivity index (χ3v) is 5.42. The van der Waals surface area contributed by atoms with Crippen molar-refractivity contribution in [3.05, 3.63) is 71.0 Å². The van der Waals surface area contributed by atoms with E-state index in [0.29, 0.717) is 12.1 Å². The Labute approximate surface area is 194 Å². The highest BCUT2D eigenvalue weighted by atomic mass is 19.4. The molecule has 0 saturated carbocycles. The summed E-state index contributed by atoms with van der Waals surface area (Å²) in [6, 6.07) is 1.84. The van der Waals surface area contributed by atoms with E-state index < -0.39 is 11.7 Å². The van der Waals surface area contributed by atoms with Crippen LogP contribution < -0.4 is 4.74 Å². The number of hydrogen-bond acceptors (Lipinski definition) is 3. The Balaban J connectivity index is 2.19. The van der Waals surface area contributed by atoms with Gasteiger partial charge in [-0.2, -0.15) is 13.2 Å². The predicted octanol–water partition coefficient (Wildman–Crippen LogP) is 6.67. The Morgan fingerprint density at radius 2 is 2.06 bits per heavy atom. The van der Waals surface area contributed by atoms with Gasteiger partial charge in [0.25, 0.3) is 5.91 Å². The van der Waals surface area contributed by atoms with Gasteiger partial charge in [-0.3, -0.25) is 4.79 Å². The normalized spacial score (nSPS) is 15.8. The second-order valence-corrected chi connectivity index (χ2v) is 7.92. The monoisotopic (exact) mass is 462 g/mol. The molecule has 1 aromatic heterocycles. The van der Waals surface area contributed by atoms with Crippen molar-refractivity contribution in [2.45, 2.75) is 65.6 Å². The lowest BCUT2D eigenvalue weighted by Gasteiger charge is -2.30. The van der Waals surface area contributed by atoms with E-state index in [0.717, 1.165) is 49.1 Å². The van der Waals surface area contributed by atoms with Crippen LogP contribution in [0.4, 0.5) is 13.2 Å². The zero-order chi connectivity index (χ0) is 24.4. The Kier molecular flexibility index (Phi) is 9.95. The highest BCUT2D eigenvalue weighted by Gasteiger charge is 2.31. The number of allylic oxidation sites excluding steroid dienone is 6. The number of rotatable bonds is 10. The molecule has 1 atom stereocenters. The Morgan fingerprint density at radius 1 is 1.30 bits per heavy atom. The van der Waals surface area contributed by atoms with Gasteiger partial charge in [0, 0.05) is 24.4 Å². The van der Waals surface area contributed by atoms with Crippen LogP contribution in [0.15, 0.2) is 65.4 Å². The van der Waals surface area contributed by atoms with Gasteiger partial charge in [-0.1, -0.05) is 43.7 Å². The van der Waals surface area contributed by atoms with Crippen LogP contribution in [0.1, 0.15) is 58.9 Å². The molecule has 1 heterocycles. The van der Waals surface area contributed by atoms with Crippen LogP contribution in [0.2, 0.25) is 0 Å². The topological polar surface area (TPSA) is 42.4 Å². The fourth-order valence-corrected chi connectivity index (χ4v) is 3.68. The summed E-state index contributed by atoms with van der Waals surface area (Å²) in [6.45, 7) is 8.45. The van der Waals surface area contributed by atoms with Crippen LogP contribution >= 0.6 is 0 Å². The van der Waals surface area contributed by atoms with E-state index in [1.165, 1.54) is 6.07 Å². The van der Waals surface area contributed by atoms with Crippen LogP contribution in [0.3, 0.4) is 0 Å². The van der Waals surface area contributed by atoms with Gasteiger partial charge in [0.15, 0.2) is 0 Å². The number of nitrogens with zero attached hydrogens (tertiary/aromatic N) is 2. The van der Waals surface area contributed by atoms with E-state index in [9.17, 15) is 18.0 Å². The van der Waals surface area contributed by atoms with Gasteiger partial charge < -0.3 is 9.64 Å². The maximum atomic E-state index is 13.5. The number of amides is 1. The highest BCUT2D eigenvalue weighted by molar-refractivity contribution is 5.98. The van der Waals surface area contributed by atoms with Crippen molar-refractivity contribution in [3.8, 4) is 5.88 Å². The van der Waals surface area contributed by atoms with Gasteiger partial charge in [-0.05, 0) is 57.2 Å². The number of unbranched alkanes of at least 4 members (excludes halogenated alkanes) is 1. The molecule has 33 heavy (non-hydrogen) atoms. The Hall–Kier alpha value is -2.83. The molecule has 1 aliphatic carbocycles. The largest absolute Gasteiger partial charge is 0.475 e. The molecule has 2 rings (SSSR count). The lowest BCUT2D eigenvalue weighted by atomic mass is 9.89. The van der Waals surface area contributed by atoms with Gasteiger partial charge in [0.1, 0.15) is 6.61 Å². The summed E-state index contributed by atoms with van der Waals surface area (Å²) < 4.78 is 43.7. The minimum Gasteiger partial charge on any atom is -0.475 e. The average molecular weight is 463 g/mol. The average Bonchev–Trinajstić information content (AvgIpc) is 2.80. The zero-order valence-corrected chi connectivity index (χ0v) is 19.8. The molecular weight excluding hydrogens is 429 g/mol. The number of halogens is 3. The number of aromatic nitrogens is 1. The zero-order valence-electron chi connectivity index (χ0n) is 19.8. The fraction of sp³-hybridized carbons (Fsp3) is 0.462. The molecular formula is C26H33F3N2O2. The van der Waals surface area contributed by atoms with Crippen molar-refractivity contribution in [1.82, 2.24) is 9.88 Å². The quantitative estimate of drug-likeness (QED) is 0.365. The van der Waals surface area contributed by atoms with Crippen molar-refractivity contribution in [2.75, 3.05) is 13.2 Å². The summed E-state index contributed by atoms with van der Waals surface area (Å²) >= 11 is 0. The van der Waals surface area contributed by atoms with Crippen molar-refractivity contribution in [2.24, 2.45) is 0 Å². The van der Waals surface area contributed by atoms with E-state index in [1.54, 1.807) is 4.90 Å². The summed E-state index contributed by atoms with van der Waals surface area (Å²) in [5.41, 5.74) is 1.99. The summed E-state index contributed by atoms with van der Waals surface area (Å²) in [6.07, 6.45) is 10.1.